The molecule has 134 valence electrons. The minimum absolute atomic E-state index is 0.663. The molecule has 0 bridgehead atoms. The molecule has 2 aromatic heterocycles. The first-order valence-electron chi connectivity index (χ1n) is 8.97. The molecule has 0 amide bonds. The summed E-state index contributed by atoms with van der Waals surface area (Å²) in [6.45, 7) is 2.34. The van der Waals surface area contributed by atoms with Crippen molar-refractivity contribution in [2.45, 2.75) is 18.8 Å². The van der Waals surface area contributed by atoms with Gasteiger partial charge >= 0.3 is 0 Å². The number of anilines is 1. The van der Waals surface area contributed by atoms with Gasteiger partial charge in [0.15, 0.2) is 5.82 Å². The van der Waals surface area contributed by atoms with E-state index < -0.39 is 0 Å². The maximum absolute atomic E-state index is 4.73. The van der Waals surface area contributed by atoms with E-state index in [1.165, 1.54) is 31.5 Å². The average Bonchev–Trinajstić information content (AvgIpc) is 2.73. The average molecular weight is 366 g/mol. The van der Waals surface area contributed by atoms with E-state index in [1.807, 2.05) is 25.1 Å². The highest BCUT2D eigenvalue weighted by Gasteiger charge is 2.20. The molecule has 1 fully saturated rings. The zero-order valence-electron chi connectivity index (χ0n) is 15.1. The molecule has 0 atom stereocenters. The van der Waals surface area contributed by atoms with Crippen LogP contribution in [0, 0.1) is 0 Å². The van der Waals surface area contributed by atoms with Crippen molar-refractivity contribution < 1.29 is 0 Å². The fourth-order valence-electron chi connectivity index (χ4n) is 3.59. The molecule has 0 spiro atoms. The lowest BCUT2D eigenvalue weighted by molar-refractivity contribution is 0.347. The molecule has 1 aromatic carbocycles. The summed E-state index contributed by atoms with van der Waals surface area (Å²) in [4.78, 5) is 13.5. The van der Waals surface area contributed by atoms with E-state index in [0.29, 0.717) is 5.92 Å². The van der Waals surface area contributed by atoms with Crippen molar-refractivity contribution in [3.8, 4) is 11.3 Å². The number of fused-ring (bicyclic) bond motifs is 1. The van der Waals surface area contributed by atoms with Gasteiger partial charge in [-0.25, -0.2) is 9.97 Å². The van der Waals surface area contributed by atoms with Gasteiger partial charge in [-0.05, 0) is 36.6 Å². The molecule has 0 saturated carbocycles. The molecule has 3 aromatic rings. The van der Waals surface area contributed by atoms with Gasteiger partial charge in [-0.15, -0.1) is 0 Å². The van der Waals surface area contributed by atoms with Crippen LogP contribution in [0.5, 0.6) is 0 Å². The summed E-state index contributed by atoms with van der Waals surface area (Å²) < 4.78 is 2.45. The van der Waals surface area contributed by atoms with Crippen LogP contribution in [0.25, 0.3) is 22.3 Å². The first-order chi connectivity index (χ1) is 12.8. The molecule has 3 heterocycles. The van der Waals surface area contributed by atoms with E-state index in [-0.39, 0.29) is 0 Å². The lowest BCUT2D eigenvalue weighted by atomic mass is 9.89. The number of benzene rings is 1. The molecule has 5 nitrogen and oxygen atoms in total. The smallest absolute Gasteiger partial charge is 0.154 e. The number of aromatic nitrogens is 3. The van der Waals surface area contributed by atoms with Gasteiger partial charge in [0, 0.05) is 38.1 Å². The second-order valence-electron chi connectivity index (χ2n) is 6.54. The van der Waals surface area contributed by atoms with Crippen LogP contribution in [-0.2, 0) is 0 Å². The van der Waals surface area contributed by atoms with E-state index >= 15 is 0 Å². The second-order valence-corrected chi connectivity index (χ2v) is 7.42. The monoisotopic (exact) mass is 365 g/mol. The fourth-order valence-corrected chi connectivity index (χ4v) is 4.17. The molecule has 1 N–H and O–H groups in total. The molecule has 1 aliphatic rings. The van der Waals surface area contributed by atoms with Gasteiger partial charge in [0.05, 0.1) is 11.2 Å². The predicted molar refractivity (Wildman–Crippen MR) is 109 cm³/mol. The summed E-state index contributed by atoms with van der Waals surface area (Å²) in [5.41, 5.74) is 5.13. The summed E-state index contributed by atoms with van der Waals surface area (Å²) >= 11 is 1.86. The number of pyridine rings is 1. The number of nitrogens with zero attached hydrogens (tertiary/aromatic N) is 4. The highest BCUT2D eigenvalue weighted by Crippen LogP contribution is 2.32. The minimum Gasteiger partial charge on any atom is -0.371 e. The molecular weight excluding hydrogens is 342 g/mol. The Kier molecular flexibility index (Phi) is 5.04. The van der Waals surface area contributed by atoms with E-state index in [9.17, 15) is 0 Å². The van der Waals surface area contributed by atoms with E-state index in [1.54, 1.807) is 12.4 Å². The molecule has 1 saturated heterocycles. The van der Waals surface area contributed by atoms with Crippen molar-refractivity contribution in [1.82, 2.24) is 19.3 Å². The molecular formula is C20H23N5S. The van der Waals surface area contributed by atoms with Crippen LogP contribution in [0.15, 0.2) is 42.7 Å². The first kappa shape index (κ1) is 17.2. The normalized spacial score (nSPS) is 16.1. The largest absolute Gasteiger partial charge is 0.371 e. The Bertz CT molecular complexity index is 888. The van der Waals surface area contributed by atoms with Crippen molar-refractivity contribution in [2.75, 3.05) is 31.7 Å². The number of hydrogen-bond acceptors (Lipinski definition) is 6. The van der Waals surface area contributed by atoms with E-state index in [2.05, 4.69) is 50.1 Å². The van der Waals surface area contributed by atoms with Crippen molar-refractivity contribution in [1.29, 1.82) is 0 Å². The van der Waals surface area contributed by atoms with Gasteiger partial charge < -0.3 is 5.32 Å². The second kappa shape index (κ2) is 7.60. The Balaban J connectivity index is 1.60. The Labute approximate surface area is 158 Å². The van der Waals surface area contributed by atoms with Crippen LogP contribution in [0.3, 0.4) is 0 Å². The molecule has 26 heavy (non-hydrogen) atoms. The summed E-state index contributed by atoms with van der Waals surface area (Å²) in [7, 11) is 1.87. The highest BCUT2D eigenvalue weighted by molar-refractivity contribution is 7.96. The van der Waals surface area contributed by atoms with Crippen molar-refractivity contribution in [3.05, 3.63) is 48.3 Å². The number of piperidine rings is 1. The maximum atomic E-state index is 4.73. The van der Waals surface area contributed by atoms with Crippen molar-refractivity contribution in [3.63, 3.8) is 0 Å². The third kappa shape index (κ3) is 3.39. The zero-order chi connectivity index (χ0) is 17.9. The standard InChI is InChI=1S/C20H23N5S/c1-21-20-19-18(22-9-10-23-19)13-17(24-20)16-5-3-14(4-6-16)15-7-11-25(26-2)12-8-15/h3-6,9-10,13,15H,7-8,11-12H2,1-2H3,(H,21,24). The predicted octanol–water partition coefficient (Wildman–Crippen LogP) is 4.19. The highest BCUT2D eigenvalue weighted by atomic mass is 32.2. The van der Waals surface area contributed by atoms with Crippen LogP contribution in [0.1, 0.15) is 24.3 Å². The number of rotatable bonds is 4. The van der Waals surface area contributed by atoms with Crippen LogP contribution in [0.2, 0.25) is 0 Å². The molecule has 6 heteroatoms. The molecule has 0 radical (unpaired) electrons. The minimum atomic E-state index is 0.663. The number of nitrogens with one attached hydrogen (secondary N) is 1. The Morgan fingerprint density at radius 3 is 2.50 bits per heavy atom. The molecule has 0 aliphatic carbocycles. The SMILES string of the molecule is CNc1nc(-c2ccc(C3CCN(SC)CC3)cc2)cc2nccnc12. The first-order valence-corrected chi connectivity index (χ1v) is 10.2. The lowest BCUT2D eigenvalue weighted by Crippen LogP contribution is -2.27. The maximum Gasteiger partial charge on any atom is 0.154 e. The van der Waals surface area contributed by atoms with Crippen molar-refractivity contribution >= 4 is 28.8 Å². The Hall–Kier alpha value is -2.18. The Morgan fingerprint density at radius 2 is 1.81 bits per heavy atom. The fraction of sp³-hybridized carbons (Fsp3) is 0.350. The third-order valence-electron chi connectivity index (χ3n) is 5.08. The van der Waals surface area contributed by atoms with Gasteiger partial charge in [0.1, 0.15) is 5.52 Å². The summed E-state index contributed by atoms with van der Waals surface area (Å²) in [5, 5.41) is 3.13. The van der Waals surface area contributed by atoms with Crippen molar-refractivity contribution in [2.24, 2.45) is 0 Å². The van der Waals surface area contributed by atoms with Crippen LogP contribution in [0.4, 0.5) is 5.82 Å². The van der Waals surface area contributed by atoms with Crippen LogP contribution < -0.4 is 5.32 Å². The number of hydrogen-bond donors (Lipinski definition) is 1. The van der Waals surface area contributed by atoms with Gasteiger partial charge in [-0.1, -0.05) is 36.2 Å². The molecule has 4 rings (SSSR count). The van der Waals surface area contributed by atoms with E-state index in [4.69, 9.17) is 4.98 Å². The molecule has 1 aliphatic heterocycles. The summed E-state index contributed by atoms with van der Waals surface area (Å²) in [6, 6.07) is 10.9. The lowest BCUT2D eigenvalue weighted by Gasteiger charge is -2.30. The van der Waals surface area contributed by atoms with Gasteiger partial charge in [-0.3, -0.25) is 9.29 Å². The van der Waals surface area contributed by atoms with E-state index in [0.717, 1.165) is 28.1 Å². The van der Waals surface area contributed by atoms with Crippen LogP contribution >= 0.6 is 11.9 Å². The summed E-state index contributed by atoms with van der Waals surface area (Å²) in [6.07, 6.45) is 8.04. The molecule has 0 unspecified atom stereocenters. The topological polar surface area (TPSA) is 53.9 Å². The van der Waals surface area contributed by atoms with Crippen LogP contribution in [-0.4, -0.2) is 45.7 Å². The Morgan fingerprint density at radius 1 is 1.08 bits per heavy atom. The quantitative estimate of drug-likeness (QED) is 0.700. The summed E-state index contributed by atoms with van der Waals surface area (Å²) in [5.74, 6) is 1.43. The van der Waals surface area contributed by atoms with Gasteiger partial charge in [0.25, 0.3) is 0 Å². The zero-order valence-corrected chi connectivity index (χ0v) is 16.0. The van der Waals surface area contributed by atoms with Gasteiger partial charge in [-0.2, -0.15) is 0 Å². The third-order valence-corrected chi connectivity index (χ3v) is 5.96. The van der Waals surface area contributed by atoms with Gasteiger partial charge in [0.2, 0.25) is 0 Å².